The molecular weight excluding hydrogens is 134 g/mol. The van der Waals surface area contributed by atoms with Gasteiger partial charge in [0.25, 0.3) is 0 Å². The maximum absolute atomic E-state index is 4.25. The fraction of sp³-hybridized carbons (Fsp3) is 0.100. The topological polar surface area (TPSA) is 12.4 Å². The second-order valence-corrected chi connectivity index (χ2v) is 2.60. The Bertz CT molecular complexity index is 314. The predicted molar refractivity (Wildman–Crippen MR) is 47.6 cm³/mol. The molecule has 2 aliphatic rings. The molecule has 11 heavy (non-hydrogen) atoms. The molecule has 0 atom stereocenters. The van der Waals surface area contributed by atoms with Crippen molar-refractivity contribution in [2.45, 2.75) is 6.42 Å². The van der Waals surface area contributed by atoms with Crippen molar-refractivity contribution in [2.24, 2.45) is 4.99 Å². The van der Waals surface area contributed by atoms with Crippen LogP contribution in [-0.2, 0) is 0 Å². The van der Waals surface area contributed by atoms with Gasteiger partial charge in [-0.1, -0.05) is 18.2 Å². The summed E-state index contributed by atoms with van der Waals surface area (Å²) in [5.41, 5.74) is 3.65. The van der Waals surface area contributed by atoms with E-state index < -0.39 is 0 Å². The summed E-state index contributed by atoms with van der Waals surface area (Å²) in [4.78, 5) is 4.25. The second kappa shape index (κ2) is 2.35. The van der Waals surface area contributed by atoms with Gasteiger partial charge in [0.05, 0.1) is 5.70 Å². The van der Waals surface area contributed by atoms with Gasteiger partial charge in [-0.2, -0.15) is 0 Å². The molecule has 0 aromatic heterocycles. The van der Waals surface area contributed by atoms with Gasteiger partial charge in [-0.25, -0.2) is 0 Å². The van der Waals surface area contributed by atoms with Gasteiger partial charge in [0.1, 0.15) is 0 Å². The molecule has 0 spiro atoms. The van der Waals surface area contributed by atoms with E-state index in [0.29, 0.717) is 0 Å². The van der Waals surface area contributed by atoms with Gasteiger partial charge in [0.15, 0.2) is 0 Å². The zero-order valence-corrected chi connectivity index (χ0v) is 6.25. The predicted octanol–water partition coefficient (Wildman–Crippen LogP) is 2.40. The molecule has 1 aliphatic carbocycles. The van der Waals surface area contributed by atoms with Crippen molar-refractivity contribution in [2.75, 3.05) is 0 Å². The minimum absolute atomic E-state index is 0.917. The number of rotatable bonds is 2. The van der Waals surface area contributed by atoms with Gasteiger partial charge in [-0.05, 0) is 18.1 Å². The summed E-state index contributed by atoms with van der Waals surface area (Å²) in [6, 6.07) is 0. The molecular formula is C10H9N. The first-order chi connectivity index (χ1) is 5.42. The van der Waals surface area contributed by atoms with Gasteiger partial charge in [-0.15, -0.1) is 6.58 Å². The summed E-state index contributed by atoms with van der Waals surface area (Å²) in [5, 5.41) is 0. The lowest BCUT2D eigenvalue weighted by molar-refractivity contribution is 1.32. The Morgan fingerprint density at radius 3 is 3.27 bits per heavy atom. The highest BCUT2D eigenvalue weighted by Crippen LogP contribution is 2.28. The third-order valence-corrected chi connectivity index (χ3v) is 1.86. The number of hydrogen-bond acceptors (Lipinski definition) is 1. The van der Waals surface area contributed by atoms with Crippen LogP contribution in [-0.4, -0.2) is 6.21 Å². The van der Waals surface area contributed by atoms with E-state index in [1.165, 1.54) is 11.1 Å². The van der Waals surface area contributed by atoms with Crippen molar-refractivity contribution < 1.29 is 0 Å². The SMILES string of the molecule is C=CCC1=C2C=CC=C2N=C1. The Kier molecular flexibility index (Phi) is 1.35. The van der Waals surface area contributed by atoms with Crippen molar-refractivity contribution in [1.29, 1.82) is 0 Å². The minimum Gasteiger partial charge on any atom is -0.256 e. The minimum atomic E-state index is 0.917. The van der Waals surface area contributed by atoms with Crippen LogP contribution in [0.25, 0.3) is 0 Å². The van der Waals surface area contributed by atoms with Gasteiger partial charge in [-0.3, -0.25) is 4.99 Å². The Labute approximate surface area is 66.1 Å². The first-order valence-corrected chi connectivity index (χ1v) is 3.68. The zero-order valence-electron chi connectivity index (χ0n) is 6.25. The van der Waals surface area contributed by atoms with Gasteiger partial charge >= 0.3 is 0 Å². The van der Waals surface area contributed by atoms with Crippen LogP contribution in [0, 0.1) is 0 Å². The molecule has 1 nitrogen and oxygen atoms in total. The smallest absolute Gasteiger partial charge is 0.0705 e. The van der Waals surface area contributed by atoms with Crippen molar-refractivity contribution >= 4 is 6.21 Å². The van der Waals surface area contributed by atoms with E-state index in [9.17, 15) is 0 Å². The van der Waals surface area contributed by atoms with E-state index in [-0.39, 0.29) is 0 Å². The monoisotopic (exact) mass is 143 g/mol. The van der Waals surface area contributed by atoms with Crippen LogP contribution in [0.15, 0.2) is 52.7 Å². The average molecular weight is 143 g/mol. The highest BCUT2D eigenvalue weighted by Gasteiger charge is 2.14. The quantitative estimate of drug-likeness (QED) is 0.526. The number of fused-ring (bicyclic) bond motifs is 1. The van der Waals surface area contributed by atoms with Gasteiger partial charge in [0, 0.05) is 11.8 Å². The van der Waals surface area contributed by atoms with E-state index in [2.05, 4.69) is 17.6 Å². The van der Waals surface area contributed by atoms with E-state index >= 15 is 0 Å². The first-order valence-electron chi connectivity index (χ1n) is 3.68. The molecule has 0 saturated carbocycles. The lowest BCUT2D eigenvalue weighted by Crippen LogP contribution is -1.81. The molecule has 1 heterocycles. The molecule has 0 amide bonds. The summed E-state index contributed by atoms with van der Waals surface area (Å²) in [6.07, 6.45) is 10.9. The van der Waals surface area contributed by atoms with E-state index in [1.807, 2.05) is 24.4 Å². The standard InChI is InChI=1S/C10H9N/c1-2-4-8-7-11-10-6-3-5-9(8)10/h2-3,5-7H,1,4H2. The molecule has 0 radical (unpaired) electrons. The van der Waals surface area contributed by atoms with Crippen molar-refractivity contribution in [3.8, 4) is 0 Å². The summed E-state index contributed by atoms with van der Waals surface area (Å²) in [6.45, 7) is 3.70. The molecule has 0 aromatic carbocycles. The van der Waals surface area contributed by atoms with Crippen molar-refractivity contribution in [3.05, 3.63) is 47.7 Å². The molecule has 0 saturated heterocycles. The molecule has 1 aliphatic heterocycles. The largest absolute Gasteiger partial charge is 0.256 e. The third kappa shape index (κ3) is 0.891. The Morgan fingerprint density at radius 1 is 1.55 bits per heavy atom. The van der Waals surface area contributed by atoms with Gasteiger partial charge < -0.3 is 0 Å². The Balaban J connectivity index is 2.38. The van der Waals surface area contributed by atoms with Gasteiger partial charge in [0.2, 0.25) is 0 Å². The number of hydrogen-bond donors (Lipinski definition) is 0. The fourth-order valence-corrected chi connectivity index (χ4v) is 1.33. The van der Waals surface area contributed by atoms with Crippen LogP contribution in [0.3, 0.4) is 0 Å². The Morgan fingerprint density at radius 2 is 2.45 bits per heavy atom. The molecule has 54 valence electrons. The lowest BCUT2D eigenvalue weighted by atomic mass is 10.1. The Hall–Kier alpha value is -1.37. The number of allylic oxidation sites excluding steroid dienone is 5. The molecule has 0 N–H and O–H groups in total. The van der Waals surface area contributed by atoms with Crippen LogP contribution in [0.1, 0.15) is 6.42 Å². The normalized spacial score (nSPS) is 19.1. The van der Waals surface area contributed by atoms with Crippen molar-refractivity contribution in [1.82, 2.24) is 0 Å². The molecule has 0 bridgehead atoms. The zero-order chi connectivity index (χ0) is 7.68. The van der Waals surface area contributed by atoms with Crippen LogP contribution in [0.4, 0.5) is 0 Å². The number of aliphatic imine (C=N–C) groups is 1. The van der Waals surface area contributed by atoms with E-state index in [0.717, 1.165) is 12.1 Å². The van der Waals surface area contributed by atoms with Crippen LogP contribution < -0.4 is 0 Å². The molecule has 0 unspecified atom stereocenters. The lowest BCUT2D eigenvalue weighted by Gasteiger charge is -1.94. The summed E-state index contributed by atoms with van der Waals surface area (Å²) >= 11 is 0. The number of nitrogens with zero attached hydrogens (tertiary/aromatic N) is 1. The fourth-order valence-electron chi connectivity index (χ4n) is 1.33. The summed E-state index contributed by atoms with van der Waals surface area (Å²) in [5.74, 6) is 0. The first kappa shape index (κ1) is 6.35. The van der Waals surface area contributed by atoms with E-state index in [4.69, 9.17) is 0 Å². The maximum atomic E-state index is 4.25. The van der Waals surface area contributed by atoms with Crippen LogP contribution in [0.2, 0.25) is 0 Å². The summed E-state index contributed by atoms with van der Waals surface area (Å²) < 4.78 is 0. The third-order valence-electron chi connectivity index (χ3n) is 1.86. The van der Waals surface area contributed by atoms with Crippen LogP contribution >= 0.6 is 0 Å². The highest BCUT2D eigenvalue weighted by atomic mass is 14.8. The highest BCUT2D eigenvalue weighted by molar-refractivity contribution is 5.88. The van der Waals surface area contributed by atoms with Crippen molar-refractivity contribution in [3.63, 3.8) is 0 Å². The molecule has 0 fully saturated rings. The van der Waals surface area contributed by atoms with E-state index in [1.54, 1.807) is 0 Å². The second-order valence-electron chi connectivity index (χ2n) is 2.60. The summed E-state index contributed by atoms with van der Waals surface area (Å²) in [7, 11) is 0. The average Bonchev–Trinajstić information content (AvgIpc) is 2.53. The maximum Gasteiger partial charge on any atom is 0.0705 e. The van der Waals surface area contributed by atoms with Crippen LogP contribution in [0.5, 0.6) is 0 Å². The molecule has 0 aromatic rings. The molecule has 1 heteroatoms. The molecule has 2 rings (SSSR count).